The molecule has 0 aromatic rings. The van der Waals surface area contributed by atoms with E-state index in [-0.39, 0.29) is 17.4 Å². The zero-order chi connectivity index (χ0) is 4.99. The van der Waals surface area contributed by atoms with Crippen LogP contribution in [0.25, 0.3) is 0 Å². The first kappa shape index (κ1) is 5.69. The molecule has 3 heteroatoms. The highest BCUT2D eigenvalue weighted by atomic mass is 32.1. The zero-order valence-corrected chi connectivity index (χ0v) is 3.93. The standard InChI is InChI=1S/C3H4FOS/c1-3(4)2-6-5/h1-2H2/q+1. The summed E-state index contributed by atoms with van der Waals surface area (Å²) in [5.74, 6) is -0.685. The van der Waals surface area contributed by atoms with E-state index in [2.05, 4.69) is 6.58 Å². The fraction of sp³-hybridized carbons (Fsp3) is 0.333. The average Bonchev–Trinajstić information content (AvgIpc) is 1.35. The summed E-state index contributed by atoms with van der Waals surface area (Å²) in [7, 11) is 0. The third kappa shape index (κ3) is 3.69. The van der Waals surface area contributed by atoms with Crippen LogP contribution in [0.4, 0.5) is 4.39 Å². The van der Waals surface area contributed by atoms with Crippen LogP contribution < -0.4 is 0 Å². The van der Waals surface area contributed by atoms with Crippen molar-refractivity contribution in [3.63, 3.8) is 0 Å². The lowest BCUT2D eigenvalue weighted by Crippen LogP contribution is -1.75. The second-order valence-electron chi connectivity index (χ2n) is 0.779. The molecule has 0 fully saturated rings. The number of halogens is 1. The van der Waals surface area contributed by atoms with E-state index in [1.54, 1.807) is 0 Å². The van der Waals surface area contributed by atoms with Gasteiger partial charge in [0.25, 0.3) is 5.75 Å². The summed E-state index contributed by atoms with van der Waals surface area (Å²) in [6, 6.07) is 0. The Morgan fingerprint density at radius 2 is 2.50 bits per heavy atom. The molecule has 0 aromatic heterocycles. The van der Waals surface area contributed by atoms with Crippen LogP contribution in [-0.4, -0.2) is 5.75 Å². The predicted octanol–water partition coefficient (Wildman–Crippen LogP) is 0.898. The molecule has 0 aliphatic heterocycles. The molecule has 0 saturated carbocycles. The SMILES string of the molecule is C=C(F)C[S+]=O. The second-order valence-corrected chi connectivity index (χ2v) is 1.30. The van der Waals surface area contributed by atoms with Gasteiger partial charge in [-0.1, -0.05) is 6.58 Å². The molecule has 0 rings (SSSR count). The Hall–Kier alpha value is -0.310. The minimum atomic E-state index is -0.560. The summed E-state index contributed by atoms with van der Waals surface area (Å²) >= 11 is 0.185. The van der Waals surface area contributed by atoms with Crippen molar-refractivity contribution in [2.75, 3.05) is 5.75 Å². The number of hydrogen-bond donors (Lipinski definition) is 0. The fourth-order valence-electron chi connectivity index (χ4n) is 0.0639. The summed E-state index contributed by atoms with van der Waals surface area (Å²) in [5.41, 5.74) is 0. The lowest BCUT2D eigenvalue weighted by molar-refractivity contribution is 0.598. The van der Waals surface area contributed by atoms with Crippen molar-refractivity contribution in [2.45, 2.75) is 0 Å². The fourth-order valence-corrected chi connectivity index (χ4v) is 0.192. The van der Waals surface area contributed by atoms with E-state index in [9.17, 15) is 8.60 Å². The largest absolute Gasteiger partial charge is 0.466 e. The van der Waals surface area contributed by atoms with E-state index in [0.29, 0.717) is 0 Å². The molecule has 34 valence electrons. The van der Waals surface area contributed by atoms with E-state index in [1.165, 1.54) is 0 Å². The van der Waals surface area contributed by atoms with E-state index >= 15 is 0 Å². The number of hydrogen-bond acceptors (Lipinski definition) is 1. The van der Waals surface area contributed by atoms with Gasteiger partial charge in [-0.05, 0) is 0 Å². The Balaban J connectivity index is 3.05. The molecule has 1 nitrogen and oxygen atoms in total. The smallest absolute Gasteiger partial charge is 0.206 e. The van der Waals surface area contributed by atoms with Gasteiger partial charge in [-0.15, -0.1) is 0 Å². The highest BCUT2D eigenvalue weighted by molar-refractivity contribution is 7.65. The number of rotatable bonds is 2. The highest BCUT2D eigenvalue weighted by Crippen LogP contribution is 1.85. The van der Waals surface area contributed by atoms with Gasteiger partial charge in [-0.2, -0.15) is 0 Å². The minimum absolute atomic E-state index is 0.125. The highest BCUT2D eigenvalue weighted by Gasteiger charge is 1.98. The Bertz CT molecular complexity index is 71.2. The van der Waals surface area contributed by atoms with Crippen molar-refractivity contribution >= 4 is 11.7 Å². The van der Waals surface area contributed by atoms with Gasteiger partial charge in [0.15, 0.2) is 5.83 Å². The van der Waals surface area contributed by atoms with Crippen molar-refractivity contribution in [3.05, 3.63) is 12.4 Å². The van der Waals surface area contributed by atoms with Gasteiger partial charge in [0.1, 0.15) is 0 Å². The van der Waals surface area contributed by atoms with Gasteiger partial charge >= 0.3 is 11.7 Å². The maximum atomic E-state index is 11.3. The third-order valence-corrected chi connectivity index (χ3v) is 0.647. The Morgan fingerprint density at radius 3 is 2.50 bits per heavy atom. The van der Waals surface area contributed by atoms with Crippen LogP contribution in [0.1, 0.15) is 0 Å². The van der Waals surface area contributed by atoms with Crippen LogP contribution in [0, 0.1) is 0 Å². The van der Waals surface area contributed by atoms with Crippen molar-refractivity contribution in [1.29, 1.82) is 0 Å². The molecule has 0 aromatic carbocycles. The molecule has 0 amide bonds. The molecule has 0 atom stereocenters. The summed E-state index contributed by atoms with van der Waals surface area (Å²) in [6.45, 7) is 2.86. The predicted molar refractivity (Wildman–Crippen MR) is 23.2 cm³/mol. The molecule has 0 spiro atoms. The van der Waals surface area contributed by atoms with Crippen LogP contribution >= 0.6 is 0 Å². The van der Waals surface area contributed by atoms with Crippen LogP contribution in [0.2, 0.25) is 0 Å². The summed E-state index contributed by atoms with van der Waals surface area (Å²) in [4.78, 5) is 0. The first-order valence-electron chi connectivity index (χ1n) is 1.35. The minimum Gasteiger partial charge on any atom is -0.206 e. The summed E-state index contributed by atoms with van der Waals surface area (Å²) in [6.07, 6.45) is 0. The first-order chi connectivity index (χ1) is 2.77. The van der Waals surface area contributed by atoms with Crippen LogP contribution in [0.15, 0.2) is 12.4 Å². The molecule has 0 unspecified atom stereocenters. The van der Waals surface area contributed by atoms with Crippen LogP contribution in [0.3, 0.4) is 0 Å². The van der Waals surface area contributed by atoms with Gasteiger partial charge in [-0.25, -0.2) is 4.39 Å². The molecule has 0 radical (unpaired) electrons. The first-order valence-corrected chi connectivity index (χ1v) is 2.26. The van der Waals surface area contributed by atoms with Crippen molar-refractivity contribution < 1.29 is 8.60 Å². The molecule has 0 heterocycles. The topological polar surface area (TPSA) is 17.1 Å². The van der Waals surface area contributed by atoms with Gasteiger partial charge in [0.05, 0.1) is 0 Å². The molecular weight excluding hydrogens is 103 g/mol. The molecule has 6 heavy (non-hydrogen) atoms. The normalized spacial score (nSPS) is 7.50. The van der Waals surface area contributed by atoms with Gasteiger partial charge in [0, 0.05) is 4.21 Å². The van der Waals surface area contributed by atoms with Crippen molar-refractivity contribution in [3.8, 4) is 0 Å². The summed E-state index contributed by atoms with van der Waals surface area (Å²) in [5, 5.41) is 0. The lowest BCUT2D eigenvalue weighted by Gasteiger charge is -1.62. The average molecular weight is 107 g/mol. The van der Waals surface area contributed by atoms with E-state index in [0.717, 1.165) is 0 Å². The third-order valence-electron chi connectivity index (χ3n) is 0.216. The lowest BCUT2D eigenvalue weighted by atomic mass is 10.7. The maximum absolute atomic E-state index is 11.3. The quantitative estimate of drug-likeness (QED) is 0.479. The van der Waals surface area contributed by atoms with Crippen molar-refractivity contribution in [1.82, 2.24) is 0 Å². The molecule has 0 N–H and O–H groups in total. The Labute approximate surface area is 39.4 Å². The van der Waals surface area contributed by atoms with E-state index < -0.39 is 5.83 Å². The van der Waals surface area contributed by atoms with Crippen molar-refractivity contribution in [2.24, 2.45) is 0 Å². The molecule has 0 aliphatic rings. The summed E-state index contributed by atoms with van der Waals surface area (Å²) < 4.78 is 20.6. The molecule has 0 aliphatic carbocycles. The maximum Gasteiger partial charge on any atom is 0.466 e. The Kier molecular flexibility index (Phi) is 2.75. The molecule has 0 saturated heterocycles. The van der Waals surface area contributed by atoms with Gasteiger partial charge in [0.2, 0.25) is 0 Å². The second kappa shape index (κ2) is 2.90. The zero-order valence-electron chi connectivity index (χ0n) is 3.11. The van der Waals surface area contributed by atoms with Crippen LogP contribution in [0.5, 0.6) is 0 Å². The molecule has 0 bridgehead atoms. The van der Waals surface area contributed by atoms with Gasteiger partial charge < -0.3 is 0 Å². The Morgan fingerprint density at radius 1 is 2.00 bits per heavy atom. The van der Waals surface area contributed by atoms with Gasteiger partial charge in [-0.3, -0.25) is 0 Å². The van der Waals surface area contributed by atoms with Crippen LogP contribution in [-0.2, 0) is 15.9 Å². The molecular formula is C3H4FOS+. The van der Waals surface area contributed by atoms with E-state index in [4.69, 9.17) is 0 Å². The monoisotopic (exact) mass is 107 g/mol. The van der Waals surface area contributed by atoms with E-state index in [1.807, 2.05) is 0 Å².